The Hall–Kier alpha value is -3.28. The quantitative estimate of drug-likeness (QED) is 0.303. The van der Waals surface area contributed by atoms with E-state index in [9.17, 15) is 29.4 Å². The molecule has 0 amide bonds. The summed E-state index contributed by atoms with van der Waals surface area (Å²) in [7, 11) is 0. The minimum Gasteiger partial charge on any atom is -0.458 e. The first-order chi connectivity index (χ1) is 19.6. The van der Waals surface area contributed by atoms with Crippen LogP contribution < -0.4 is 0 Å². The summed E-state index contributed by atoms with van der Waals surface area (Å²) in [5, 5.41) is 24.6. The van der Waals surface area contributed by atoms with Crippen molar-refractivity contribution in [3.05, 3.63) is 47.0 Å². The molecule has 42 heavy (non-hydrogen) atoms. The molecule has 9 unspecified atom stereocenters. The zero-order chi connectivity index (χ0) is 30.6. The summed E-state index contributed by atoms with van der Waals surface area (Å²) in [6.07, 6.45) is -4.35. The van der Waals surface area contributed by atoms with Crippen LogP contribution in [0.2, 0.25) is 0 Å². The molecular weight excluding hydrogens is 548 g/mol. The number of ether oxygens (including phenoxy) is 5. The lowest BCUT2D eigenvalue weighted by Crippen LogP contribution is -2.87. The number of benzene rings is 1. The number of hydrogen-bond acceptors (Lipinski definition) is 11. The molecule has 226 valence electrons. The van der Waals surface area contributed by atoms with Crippen LogP contribution in [0, 0.1) is 16.7 Å². The van der Waals surface area contributed by atoms with E-state index in [1.165, 1.54) is 20.8 Å². The SMILES string of the molecule is CC(=O)OC1CC23C(=C1C)C(O)(C(=O)OC2(C)C)C1(C)C(O)CC2OCC2(OC(C)=O)C1C3OC(=O)c1ccccc1. The molecule has 2 heterocycles. The lowest BCUT2D eigenvalue weighted by molar-refractivity contribution is -0.380. The Bertz CT molecular complexity index is 1420. The second-order valence-corrected chi connectivity index (χ2v) is 13.0. The Balaban J connectivity index is 1.68. The standard InChI is InChI=1S/C31H36O11/c1-15-19(39-16(2)32)13-29-22(15)31(37,26(36)42-27(29,4)5)28(6)20(34)12-21-30(14-38-21,41-17(3)33)23(28)24(29)40-25(35)18-10-8-7-9-11-18/h7-11,19-21,23-24,34,37H,12-14H2,1-6H3. The van der Waals surface area contributed by atoms with Crippen LogP contribution in [0.1, 0.15) is 64.7 Å². The van der Waals surface area contributed by atoms with E-state index in [1.807, 2.05) is 0 Å². The van der Waals surface area contributed by atoms with E-state index >= 15 is 0 Å². The average Bonchev–Trinajstić information content (AvgIpc) is 3.20. The molecule has 3 aliphatic carbocycles. The van der Waals surface area contributed by atoms with Gasteiger partial charge in [0.1, 0.15) is 23.9 Å². The van der Waals surface area contributed by atoms with Gasteiger partial charge in [0.15, 0.2) is 11.2 Å². The molecule has 2 bridgehead atoms. The maximum atomic E-state index is 14.1. The number of carbonyl (C=O) groups excluding carboxylic acids is 4. The highest BCUT2D eigenvalue weighted by atomic mass is 16.6. The summed E-state index contributed by atoms with van der Waals surface area (Å²) >= 11 is 0. The van der Waals surface area contributed by atoms with Gasteiger partial charge in [0.25, 0.3) is 0 Å². The molecule has 11 heteroatoms. The topological polar surface area (TPSA) is 155 Å². The third-order valence-corrected chi connectivity index (χ3v) is 10.7. The van der Waals surface area contributed by atoms with Crippen molar-refractivity contribution in [1.29, 1.82) is 0 Å². The molecule has 4 fully saturated rings. The number of esters is 4. The highest BCUT2D eigenvalue weighted by Crippen LogP contribution is 2.75. The predicted molar refractivity (Wildman–Crippen MR) is 143 cm³/mol. The van der Waals surface area contributed by atoms with Gasteiger partial charge < -0.3 is 33.9 Å². The van der Waals surface area contributed by atoms with Gasteiger partial charge in [-0.15, -0.1) is 0 Å². The Morgan fingerprint density at radius 1 is 1.02 bits per heavy atom. The van der Waals surface area contributed by atoms with Crippen molar-refractivity contribution in [2.45, 2.75) is 95.6 Å². The third kappa shape index (κ3) is 3.27. The monoisotopic (exact) mass is 584 g/mol. The van der Waals surface area contributed by atoms with E-state index in [2.05, 4.69) is 0 Å². The van der Waals surface area contributed by atoms with Gasteiger partial charge in [-0.05, 0) is 44.1 Å². The van der Waals surface area contributed by atoms with Crippen molar-refractivity contribution < 1.29 is 53.1 Å². The molecule has 5 aliphatic rings. The second kappa shape index (κ2) is 8.87. The molecule has 0 spiro atoms. The van der Waals surface area contributed by atoms with Gasteiger partial charge in [-0.1, -0.05) is 25.1 Å². The molecular formula is C31H36O11. The zero-order valence-corrected chi connectivity index (χ0v) is 24.5. The fourth-order valence-corrected chi connectivity index (χ4v) is 8.89. The third-order valence-electron chi connectivity index (χ3n) is 10.7. The molecule has 0 aromatic heterocycles. The summed E-state index contributed by atoms with van der Waals surface area (Å²) in [6, 6.07) is 8.32. The van der Waals surface area contributed by atoms with Gasteiger partial charge in [0.2, 0.25) is 0 Å². The summed E-state index contributed by atoms with van der Waals surface area (Å²) in [5.41, 5.74) is -7.68. The number of hydrogen-bond donors (Lipinski definition) is 2. The first-order valence-corrected chi connectivity index (χ1v) is 14.2. The number of cyclic esters (lactones) is 1. The summed E-state index contributed by atoms with van der Waals surface area (Å²) in [4.78, 5) is 52.8. The smallest absolute Gasteiger partial charge is 0.343 e. The van der Waals surface area contributed by atoms with Crippen LogP contribution in [0.15, 0.2) is 41.5 Å². The minimum atomic E-state index is -2.45. The van der Waals surface area contributed by atoms with E-state index in [0.29, 0.717) is 5.57 Å². The van der Waals surface area contributed by atoms with Crippen molar-refractivity contribution in [2.24, 2.45) is 16.7 Å². The van der Waals surface area contributed by atoms with Gasteiger partial charge in [-0.25, -0.2) is 9.59 Å². The van der Waals surface area contributed by atoms with E-state index < -0.39 is 81.8 Å². The fourth-order valence-electron chi connectivity index (χ4n) is 8.89. The first-order valence-electron chi connectivity index (χ1n) is 14.2. The van der Waals surface area contributed by atoms with Crippen molar-refractivity contribution >= 4 is 23.9 Å². The maximum Gasteiger partial charge on any atom is 0.343 e. The molecule has 1 aromatic carbocycles. The highest BCUT2D eigenvalue weighted by molar-refractivity contribution is 5.91. The molecule has 1 aromatic rings. The molecule has 6 rings (SSSR count). The predicted octanol–water partition coefficient (Wildman–Crippen LogP) is 2.02. The Kier molecular flexibility index (Phi) is 6.09. The molecule has 11 nitrogen and oxygen atoms in total. The molecule has 2 saturated carbocycles. The number of carbonyl (C=O) groups is 4. The normalized spacial score (nSPS) is 42.7. The summed E-state index contributed by atoms with van der Waals surface area (Å²) < 4.78 is 30.0. The molecule has 9 atom stereocenters. The van der Waals surface area contributed by atoms with E-state index in [0.717, 1.165) is 0 Å². The Labute approximate surface area is 243 Å². The van der Waals surface area contributed by atoms with Gasteiger partial charge in [0.05, 0.1) is 29.6 Å². The van der Waals surface area contributed by atoms with Crippen molar-refractivity contribution in [1.82, 2.24) is 0 Å². The Morgan fingerprint density at radius 2 is 1.69 bits per heavy atom. The second-order valence-electron chi connectivity index (χ2n) is 13.0. The number of fused-ring (bicyclic) bond motifs is 4. The fraction of sp³-hybridized carbons (Fsp3) is 0.613. The lowest BCUT2D eigenvalue weighted by atomic mass is 9.37. The van der Waals surface area contributed by atoms with Crippen LogP contribution in [-0.4, -0.2) is 81.9 Å². The molecule has 0 radical (unpaired) electrons. The average molecular weight is 585 g/mol. The largest absolute Gasteiger partial charge is 0.458 e. The Morgan fingerprint density at radius 3 is 2.26 bits per heavy atom. The molecule has 2 N–H and O–H groups in total. The van der Waals surface area contributed by atoms with Crippen LogP contribution in [0.25, 0.3) is 0 Å². The number of aliphatic hydroxyl groups excluding tert-OH is 1. The van der Waals surface area contributed by atoms with Gasteiger partial charge in [-0.2, -0.15) is 0 Å². The van der Waals surface area contributed by atoms with E-state index in [1.54, 1.807) is 51.1 Å². The van der Waals surface area contributed by atoms with Gasteiger partial charge in [-0.3, -0.25) is 9.59 Å². The maximum absolute atomic E-state index is 14.1. The lowest BCUT2D eigenvalue weighted by Gasteiger charge is -2.73. The first kappa shape index (κ1) is 28.8. The van der Waals surface area contributed by atoms with Crippen molar-refractivity contribution in [2.75, 3.05) is 6.61 Å². The minimum absolute atomic E-state index is 0.00736. The van der Waals surface area contributed by atoms with Crippen LogP contribution in [-0.2, 0) is 38.1 Å². The van der Waals surface area contributed by atoms with Gasteiger partial charge >= 0.3 is 23.9 Å². The summed E-state index contributed by atoms with van der Waals surface area (Å²) in [6.45, 7) is 8.92. The van der Waals surface area contributed by atoms with Crippen LogP contribution >= 0.6 is 0 Å². The van der Waals surface area contributed by atoms with Crippen molar-refractivity contribution in [3.8, 4) is 0 Å². The van der Waals surface area contributed by atoms with Gasteiger partial charge in [0, 0.05) is 32.1 Å². The highest BCUT2D eigenvalue weighted by Gasteiger charge is 2.88. The zero-order valence-electron chi connectivity index (χ0n) is 24.5. The number of aliphatic hydroxyl groups is 2. The van der Waals surface area contributed by atoms with Crippen LogP contribution in [0.4, 0.5) is 0 Å². The van der Waals surface area contributed by atoms with Crippen LogP contribution in [0.3, 0.4) is 0 Å². The van der Waals surface area contributed by atoms with E-state index in [4.69, 9.17) is 23.7 Å². The van der Waals surface area contributed by atoms with Crippen molar-refractivity contribution in [3.63, 3.8) is 0 Å². The molecule has 2 saturated heterocycles. The van der Waals surface area contributed by atoms with E-state index in [-0.39, 0.29) is 30.6 Å². The number of rotatable bonds is 4. The van der Waals surface area contributed by atoms with Crippen LogP contribution in [0.5, 0.6) is 0 Å². The molecule has 2 aliphatic heterocycles. The summed E-state index contributed by atoms with van der Waals surface area (Å²) in [5.74, 6) is -4.02.